The average molecular weight is 428 g/mol. The molecule has 1 aliphatic heterocycles. The van der Waals surface area contributed by atoms with Crippen molar-refractivity contribution in [1.82, 2.24) is 5.32 Å². The first kappa shape index (κ1) is 22.9. The van der Waals surface area contributed by atoms with Crippen LogP contribution < -0.4 is 14.8 Å². The fraction of sp³-hybridized carbons (Fsp3) is 0.480. The van der Waals surface area contributed by atoms with Crippen LogP contribution in [0.3, 0.4) is 0 Å². The molecule has 2 aromatic carbocycles. The third-order valence-corrected chi connectivity index (χ3v) is 5.76. The summed E-state index contributed by atoms with van der Waals surface area (Å²) in [6, 6.07) is 14.9. The van der Waals surface area contributed by atoms with Crippen LogP contribution in [0.2, 0.25) is 0 Å². The minimum absolute atomic E-state index is 0.106. The zero-order chi connectivity index (χ0) is 22.1. The number of carboxylic acid groups (broad SMARTS) is 1. The number of carbonyl (C=O) groups is 1. The van der Waals surface area contributed by atoms with E-state index in [0.29, 0.717) is 6.10 Å². The Kier molecular flexibility index (Phi) is 8.59. The lowest BCUT2D eigenvalue weighted by atomic mass is 9.94. The van der Waals surface area contributed by atoms with Crippen molar-refractivity contribution >= 4 is 6.09 Å². The number of benzene rings is 2. The van der Waals surface area contributed by atoms with Crippen molar-refractivity contribution in [2.24, 2.45) is 0 Å². The standard InChI is InChI=1S/C22H26O2.C3H7NO3/c1-16-7-5-6-10-20(16)22-13-11-17-15-19(12-14-21(17)24-22)23-18-8-3-2-4-9-18;5-2-1-4-3(6)7/h5-7,10,12,14-15,18,22H,2-4,8-9,11,13H2,1H3;4-5H,1-2H2,(H,6,7)/t22-;/m0./s1. The number of fused-ring (bicyclic) bond motifs is 1. The summed E-state index contributed by atoms with van der Waals surface area (Å²) in [7, 11) is 0. The van der Waals surface area contributed by atoms with E-state index in [0.717, 1.165) is 24.3 Å². The molecule has 3 N–H and O–H groups in total. The number of ether oxygens (including phenoxy) is 2. The van der Waals surface area contributed by atoms with Gasteiger partial charge < -0.3 is 25.0 Å². The van der Waals surface area contributed by atoms with Crippen LogP contribution in [0.25, 0.3) is 0 Å². The molecule has 1 atom stereocenters. The topological polar surface area (TPSA) is 88.0 Å². The Morgan fingerprint density at radius 2 is 1.90 bits per heavy atom. The van der Waals surface area contributed by atoms with Crippen molar-refractivity contribution in [3.8, 4) is 11.5 Å². The molecule has 4 rings (SSSR count). The van der Waals surface area contributed by atoms with Gasteiger partial charge in [-0.05, 0) is 80.3 Å². The van der Waals surface area contributed by atoms with E-state index in [4.69, 9.17) is 19.7 Å². The number of hydrogen-bond acceptors (Lipinski definition) is 4. The van der Waals surface area contributed by atoms with E-state index in [1.54, 1.807) is 0 Å². The Hall–Kier alpha value is -2.73. The number of hydrogen-bond donors (Lipinski definition) is 3. The van der Waals surface area contributed by atoms with Crippen molar-refractivity contribution in [2.45, 2.75) is 64.1 Å². The number of nitrogens with one attached hydrogen (secondary N) is 1. The van der Waals surface area contributed by atoms with Gasteiger partial charge in [0, 0.05) is 6.54 Å². The lowest BCUT2D eigenvalue weighted by Crippen LogP contribution is -2.23. The first-order valence-electron chi connectivity index (χ1n) is 11.2. The number of rotatable bonds is 5. The maximum atomic E-state index is 9.54. The van der Waals surface area contributed by atoms with Gasteiger partial charge in [-0.1, -0.05) is 30.7 Å². The first-order chi connectivity index (χ1) is 15.1. The lowest BCUT2D eigenvalue weighted by molar-refractivity contribution is 0.152. The van der Waals surface area contributed by atoms with E-state index in [9.17, 15) is 4.79 Å². The Morgan fingerprint density at radius 1 is 1.13 bits per heavy atom. The Bertz CT molecular complexity index is 848. The van der Waals surface area contributed by atoms with E-state index in [1.807, 2.05) is 5.32 Å². The normalized spacial score (nSPS) is 18.1. The summed E-state index contributed by atoms with van der Waals surface area (Å²) in [5.41, 5.74) is 3.90. The van der Waals surface area contributed by atoms with Crippen LogP contribution in [0.4, 0.5) is 4.79 Å². The second-order valence-electron chi connectivity index (χ2n) is 8.10. The lowest BCUT2D eigenvalue weighted by Gasteiger charge is -2.28. The van der Waals surface area contributed by atoms with E-state index in [-0.39, 0.29) is 19.3 Å². The summed E-state index contributed by atoms with van der Waals surface area (Å²) >= 11 is 0. The zero-order valence-electron chi connectivity index (χ0n) is 18.2. The van der Waals surface area contributed by atoms with Crippen LogP contribution in [0.15, 0.2) is 42.5 Å². The number of aliphatic hydroxyl groups excluding tert-OH is 1. The third-order valence-electron chi connectivity index (χ3n) is 5.76. The largest absolute Gasteiger partial charge is 0.490 e. The van der Waals surface area contributed by atoms with Gasteiger partial charge in [0.15, 0.2) is 0 Å². The summed E-state index contributed by atoms with van der Waals surface area (Å²) < 4.78 is 12.5. The van der Waals surface area contributed by atoms with Crippen LogP contribution in [-0.2, 0) is 6.42 Å². The molecule has 1 saturated carbocycles. The van der Waals surface area contributed by atoms with Crippen LogP contribution in [-0.4, -0.2) is 35.6 Å². The monoisotopic (exact) mass is 427 g/mol. The van der Waals surface area contributed by atoms with Crippen molar-refractivity contribution in [2.75, 3.05) is 13.2 Å². The molecule has 168 valence electrons. The second kappa shape index (κ2) is 11.6. The maximum absolute atomic E-state index is 9.54. The molecule has 0 bridgehead atoms. The second-order valence-corrected chi connectivity index (χ2v) is 8.10. The molecule has 0 unspecified atom stereocenters. The molecule has 1 amide bonds. The minimum Gasteiger partial charge on any atom is -0.490 e. The molecular weight excluding hydrogens is 394 g/mol. The molecule has 0 aromatic heterocycles. The van der Waals surface area contributed by atoms with Crippen molar-refractivity contribution in [3.05, 3.63) is 59.2 Å². The molecule has 0 spiro atoms. The molecule has 2 aliphatic rings. The van der Waals surface area contributed by atoms with Gasteiger partial charge in [-0.25, -0.2) is 4.79 Å². The summed E-state index contributed by atoms with van der Waals surface area (Å²) in [5.74, 6) is 2.03. The van der Waals surface area contributed by atoms with Crippen LogP contribution >= 0.6 is 0 Å². The molecule has 1 aliphatic carbocycles. The average Bonchev–Trinajstić information content (AvgIpc) is 2.79. The smallest absolute Gasteiger partial charge is 0.404 e. The Labute approximate surface area is 184 Å². The SMILES string of the molecule is Cc1ccccc1[C@@H]1CCc2cc(OC3CCCCC3)ccc2O1.O=C(O)NCCO. The molecule has 1 fully saturated rings. The van der Waals surface area contributed by atoms with Crippen LogP contribution in [0, 0.1) is 6.92 Å². The van der Waals surface area contributed by atoms with Crippen LogP contribution in [0.1, 0.15) is 61.3 Å². The summed E-state index contributed by atoms with van der Waals surface area (Å²) in [6.07, 6.45) is 7.91. The quantitative estimate of drug-likeness (QED) is 0.624. The number of aryl methyl sites for hydroxylation is 2. The van der Waals surface area contributed by atoms with E-state index in [1.165, 1.54) is 48.8 Å². The molecule has 6 nitrogen and oxygen atoms in total. The van der Waals surface area contributed by atoms with Gasteiger partial charge in [0.25, 0.3) is 0 Å². The van der Waals surface area contributed by atoms with Crippen molar-refractivity contribution in [3.63, 3.8) is 0 Å². The van der Waals surface area contributed by atoms with E-state index in [2.05, 4.69) is 49.4 Å². The summed E-state index contributed by atoms with van der Waals surface area (Å²) in [5, 5.41) is 17.8. The van der Waals surface area contributed by atoms with Gasteiger partial charge in [-0.2, -0.15) is 0 Å². The summed E-state index contributed by atoms with van der Waals surface area (Å²) in [6.45, 7) is 2.12. The van der Waals surface area contributed by atoms with Crippen molar-refractivity contribution < 1.29 is 24.5 Å². The minimum atomic E-state index is -1.10. The van der Waals surface area contributed by atoms with E-state index < -0.39 is 6.09 Å². The molecular formula is C25H33NO5. The van der Waals surface area contributed by atoms with Crippen LogP contribution in [0.5, 0.6) is 11.5 Å². The van der Waals surface area contributed by atoms with Gasteiger partial charge in [-0.3, -0.25) is 0 Å². The fourth-order valence-corrected chi connectivity index (χ4v) is 4.14. The Morgan fingerprint density at radius 3 is 2.58 bits per heavy atom. The molecule has 0 radical (unpaired) electrons. The van der Waals surface area contributed by atoms with E-state index >= 15 is 0 Å². The molecule has 1 heterocycles. The molecule has 0 saturated heterocycles. The van der Waals surface area contributed by atoms with Gasteiger partial charge in [0.1, 0.15) is 17.6 Å². The van der Waals surface area contributed by atoms with Gasteiger partial charge in [-0.15, -0.1) is 0 Å². The highest BCUT2D eigenvalue weighted by Crippen LogP contribution is 2.38. The fourth-order valence-electron chi connectivity index (χ4n) is 4.14. The summed E-state index contributed by atoms with van der Waals surface area (Å²) in [4.78, 5) is 9.54. The van der Waals surface area contributed by atoms with Gasteiger partial charge in [0.05, 0.1) is 12.7 Å². The highest BCUT2D eigenvalue weighted by Gasteiger charge is 2.23. The molecule has 31 heavy (non-hydrogen) atoms. The zero-order valence-corrected chi connectivity index (χ0v) is 18.2. The van der Waals surface area contributed by atoms with Crippen molar-refractivity contribution in [1.29, 1.82) is 0 Å². The van der Waals surface area contributed by atoms with Gasteiger partial charge in [0.2, 0.25) is 0 Å². The maximum Gasteiger partial charge on any atom is 0.404 e. The number of aliphatic hydroxyl groups is 1. The molecule has 2 aromatic rings. The first-order valence-corrected chi connectivity index (χ1v) is 11.2. The van der Waals surface area contributed by atoms with Gasteiger partial charge >= 0.3 is 6.09 Å². The molecule has 6 heteroatoms. The number of amides is 1. The highest BCUT2D eigenvalue weighted by molar-refractivity contribution is 5.64. The predicted octanol–water partition coefficient (Wildman–Crippen LogP) is 5.02. The predicted molar refractivity (Wildman–Crippen MR) is 120 cm³/mol. The third kappa shape index (κ3) is 6.89. The highest BCUT2D eigenvalue weighted by atomic mass is 16.5. The Balaban J connectivity index is 0.000000339.